The van der Waals surface area contributed by atoms with Gasteiger partial charge in [0, 0.05) is 0 Å². The summed E-state index contributed by atoms with van der Waals surface area (Å²) in [7, 11) is 0. The van der Waals surface area contributed by atoms with Crippen molar-refractivity contribution < 1.29 is 14.4 Å². The second kappa shape index (κ2) is 10.9. The summed E-state index contributed by atoms with van der Waals surface area (Å²) < 4.78 is 0. The molecule has 0 fully saturated rings. The first-order valence-corrected chi connectivity index (χ1v) is 9.89. The number of carbonyl (C=O) groups excluding carboxylic acids is 2. The van der Waals surface area contributed by atoms with Gasteiger partial charge in [0.15, 0.2) is 0 Å². The zero-order valence-electron chi connectivity index (χ0n) is 14.4. The summed E-state index contributed by atoms with van der Waals surface area (Å²) in [6, 6.07) is 15.5. The second-order valence-corrected chi connectivity index (χ2v) is 6.92. The minimum Gasteiger partial charge on any atom is -0.340 e. The van der Waals surface area contributed by atoms with Crippen molar-refractivity contribution in [2.24, 2.45) is 0 Å². The molecule has 26 heavy (non-hydrogen) atoms. The topological polar surface area (TPSA) is 67.4 Å². The lowest BCUT2D eigenvalue weighted by atomic mass is 10.1. The molecule has 2 rings (SSSR count). The van der Waals surface area contributed by atoms with E-state index in [1.54, 1.807) is 36.0 Å². The van der Waals surface area contributed by atoms with Crippen molar-refractivity contribution in [3.8, 4) is 0 Å². The zero-order valence-corrected chi connectivity index (χ0v) is 16.0. The lowest BCUT2D eigenvalue weighted by molar-refractivity contribution is -0.136. The van der Waals surface area contributed by atoms with E-state index in [1.807, 2.05) is 36.6 Å². The average molecular weight is 393 g/mol. The van der Waals surface area contributed by atoms with Gasteiger partial charge in [-0.15, -0.1) is 0 Å². The van der Waals surface area contributed by atoms with E-state index >= 15 is 0 Å². The first-order chi connectivity index (χ1) is 12.6. The number of hydrogen-bond acceptors (Lipinski definition) is 4. The highest BCUT2D eigenvalue weighted by atomic mass is 35.5. The highest BCUT2D eigenvalue weighted by Gasteiger charge is 2.22. The monoisotopic (exact) mass is 392 g/mol. The Morgan fingerprint density at radius 1 is 1.12 bits per heavy atom. The number of amides is 2. The molecule has 0 saturated carbocycles. The quantitative estimate of drug-likeness (QED) is 0.641. The van der Waals surface area contributed by atoms with Gasteiger partial charge in [0.05, 0.1) is 17.2 Å². The Morgan fingerprint density at radius 3 is 2.50 bits per heavy atom. The maximum Gasteiger partial charge on any atom is 0.266 e. The van der Waals surface area contributed by atoms with Gasteiger partial charge in [-0.1, -0.05) is 54.1 Å². The molecule has 0 saturated heterocycles. The summed E-state index contributed by atoms with van der Waals surface area (Å²) in [5, 5.41) is 3.07. The third kappa shape index (κ3) is 6.37. The van der Waals surface area contributed by atoms with Gasteiger partial charge >= 0.3 is 0 Å². The van der Waals surface area contributed by atoms with Crippen LogP contribution < -0.4 is 10.8 Å². The van der Waals surface area contributed by atoms with Crippen LogP contribution in [0.15, 0.2) is 54.6 Å². The van der Waals surface area contributed by atoms with E-state index in [4.69, 9.17) is 16.4 Å². The van der Waals surface area contributed by atoms with Crippen molar-refractivity contribution >= 4 is 35.2 Å². The van der Waals surface area contributed by atoms with Gasteiger partial charge in [0.1, 0.15) is 6.04 Å². The maximum atomic E-state index is 12.4. The highest BCUT2D eigenvalue weighted by Crippen LogP contribution is 2.15. The van der Waals surface area contributed by atoms with Crippen molar-refractivity contribution in [3.63, 3.8) is 0 Å². The molecule has 7 heteroatoms. The fraction of sp³-hybridized carbons (Fsp3) is 0.263. The predicted molar refractivity (Wildman–Crippen MR) is 105 cm³/mol. The molecule has 2 N–H and O–H groups in total. The molecule has 0 aliphatic rings. The molecular formula is C19H21ClN2O3S. The van der Waals surface area contributed by atoms with Crippen LogP contribution in [0.1, 0.15) is 22.3 Å². The summed E-state index contributed by atoms with van der Waals surface area (Å²) in [4.78, 5) is 30.1. The number of benzene rings is 2. The number of hydrogen-bond donors (Lipinski definition) is 2. The van der Waals surface area contributed by atoms with E-state index in [9.17, 15) is 9.59 Å². The SMILES string of the molecule is CSCCC(NC(=O)c1ccccc1Cl)C(=O)NOCc1ccccc1. The number of rotatable bonds is 9. The Balaban J connectivity index is 1.93. The largest absolute Gasteiger partial charge is 0.340 e. The summed E-state index contributed by atoms with van der Waals surface area (Å²) in [5.74, 6) is -0.0603. The average Bonchev–Trinajstić information content (AvgIpc) is 2.66. The normalized spacial score (nSPS) is 11.6. The van der Waals surface area contributed by atoms with Gasteiger partial charge < -0.3 is 5.32 Å². The van der Waals surface area contributed by atoms with E-state index in [0.717, 1.165) is 11.3 Å². The zero-order chi connectivity index (χ0) is 18.8. The second-order valence-electron chi connectivity index (χ2n) is 5.53. The van der Waals surface area contributed by atoms with Gasteiger partial charge in [-0.25, -0.2) is 5.48 Å². The standard InChI is InChI=1S/C19H21ClN2O3S/c1-26-12-11-17(21-18(23)15-9-5-6-10-16(15)20)19(24)22-25-13-14-7-3-2-4-8-14/h2-10,17H,11-13H2,1H3,(H,21,23)(H,22,24). The van der Waals surface area contributed by atoms with E-state index < -0.39 is 11.9 Å². The maximum absolute atomic E-state index is 12.4. The lowest BCUT2D eigenvalue weighted by Gasteiger charge is -2.18. The van der Waals surface area contributed by atoms with Crippen LogP contribution in [-0.2, 0) is 16.2 Å². The number of thioether (sulfide) groups is 1. The Kier molecular flexibility index (Phi) is 8.47. The minimum atomic E-state index is -0.706. The fourth-order valence-electron chi connectivity index (χ4n) is 2.22. The Labute approximate surface area is 162 Å². The van der Waals surface area contributed by atoms with E-state index in [0.29, 0.717) is 17.0 Å². The molecule has 2 aromatic rings. The summed E-state index contributed by atoms with van der Waals surface area (Å²) >= 11 is 7.64. The molecule has 0 heterocycles. The van der Waals surface area contributed by atoms with Crippen LogP contribution in [0, 0.1) is 0 Å². The van der Waals surface area contributed by atoms with Crippen molar-refractivity contribution in [2.75, 3.05) is 12.0 Å². The van der Waals surface area contributed by atoms with Crippen LogP contribution in [0.2, 0.25) is 5.02 Å². The molecule has 0 radical (unpaired) electrons. The molecule has 2 aromatic carbocycles. The van der Waals surface area contributed by atoms with Crippen LogP contribution in [0.4, 0.5) is 0 Å². The number of halogens is 1. The third-order valence-corrected chi connectivity index (χ3v) is 4.58. The van der Waals surface area contributed by atoms with Crippen LogP contribution in [0.3, 0.4) is 0 Å². The smallest absolute Gasteiger partial charge is 0.266 e. The van der Waals surface area contributed by atoms with Crippen molar-refractivity contribution in [3.05, 3.63) is 70.7 Å². The molecule has 0 aromatic heterocycles. The van der Waals surface area contributed by atoms with Crippen molar-refractivity contribution in [1.29, 1.82) is 0 Å². The van der Waals surface area contributed by atoms with Gasteiger partial charge in [-0.05, 0) is 36.1 Å². The summed E-state index contributed by atoms with van der Waals surface area (Å²) in [6.45, 7) is 0.250. The van der Waals surface area contributed by atoms with Crippen LogP contribution in [-0.4, -0.2) is 29.9 Å². The highest BCUT2D eigenvalue weighted by molar-refractivity contribution is 7.98. The molecule has 5 nitrogen and oxygen atoms in total. The predicted octanol–water partition coefficient (Wildman–Crippen LogP) is 3.44. The molecule has 0 bridgehead atoms. The Bertz CT molecular complexity index is 728. The lowest BCUT2D eigenvalue weighted by Crippen LogP contribution is -2.47. The number of hydroxylamine groups is 1. The molecule has 138 valence electrons. The fourth-order valence-corrected chi connectivity index (χ4v) is 2.91. The van der Waals surface area contributed by atoms with E-state index in [-0.39, 0.29) is 12.5 Å². The van der Waals surface area contributed by atoms with Gasteiger partial charge in [-0.3, -0.25) is 14.4 Å². The van der Waals surface area contributed by atoms with Crippen LogP contribution in [0.25, 0.3) is 0 Å². The van der Waals surface area contributed by atoms with Gasteiger partial charge in [-0.2, -0.15) is 11.8 Å². The molecule has 0 aliphatic carbocycles. The van der Waals surface area contributed by atoms with E-state index in [2.05, 4.69) is 10.8 Å². The van der Waals surface area contributed by atoms with Gasteiger partial charge in [0.25, 0.3) is 11.8 Å². The van der Waals surface area contributed by atoms with Crippen LogP contribution >= 0.6 is 23.4 Å². The Morgan fingerprint density at radius 2 is 1.81 bits per heavy atom. The molecule has 1 unspecified atom stereocenters. The number of carbonyl (C=O) groups is 2. The first-order valence-electron chi connectivity index (χ1n) is 8.11. The molecule has 0 aliphatic heterocycles. The van der Waals surface area contributed by atoms with Crippen molar-refractivity contribution in [1.82, 2.24) is 10.8 Å². The molecule has 1 atom stereocenters. The molecular weight excluding hydrogens is 372 g/mol. The minimum absolute atomic E-state index is 0.250. The molecule has 2 amide bonds. The Hall–Kier alpha value is -2.02. The molecule has 0 spiro atoms. The first kappa shape index (κ1) is 20.3. The summed E-state index contributed by atoms with van der Waals surface area (Å²) in [5.41, 5.74) is 3.69. The number of nitrogens with one attached hydrogen (secondary N) is 2. The summed E-state index contributed by atoms with van der Waals surface area (Å²) in [6.07, 6.45) is 2.43. The van der Waals surface area contributed by atoms with Crippen LogP contribution in [0.5, 0.6) is 0 Å². The van der Waals surface area contributed by atoms with E-state index in [1.165, 1.54) is 0 Å². The van der Waals surface area contributed by atoms with Crippen molar-refractivity contribution in [2.45, 2.75) is 19.1 Å². The van der Waals surface area contributed by atoms with Gasteiger partial charge in [0.2, 0.25) is 0 Å². The third-order valence-electron chi connectivity index (χ3n) is 3.61.